The standard InChI is InChI=1S/C27H26F3N3O4S/c1-18(27(28,29)30)33(23-5-3-2-4-6-23)26(35)20-9-11-21(12-10-20)31-25(34)17-19-7-15-24(16-8-19)38(36,37)32-22-13-14-22/h2-12,15-16,18,22,32H,13-14,17H2,1H3,(H,31,34). The quantitative estimate of drug-likeness (QED) is 0.400. The Morgan fingerprint density at radius 1 is 0.947 bits per heavy atom. The number of carbonyl (C=O) groups excluding carboxylic acids is 2. The van der Waals surface area contributed by atoms with Crippen LogP contribution < -0.4 is 14.9 Å². The van der Waals surface area contributed by atoms with E-state index in [-0.39, 0.29) is 34.5 Å². The molecule has 0 spiro atoms. The third-order valence-electron chi connectivity index (χ3n) is 6.03. The van der Waals surface area contributed by atoms with Crippen LogP contribution in [0.5, 0.6) is 0 Å². The Labute approximate surface area is 218 Å². The molecule has 0 aliphatic heterocycles. The van der Waals surface area contributed by atoms with Crippen molar-refractivity contribution in [3.8, 4) is 0 Å². The molecule has 11 heteroatoms. The second-order valence-electron chi connectivity index (χ2n) is 9.07. The second-order valence-corrected chi connectivity index (χ2v) is 10.8. The van der Waals surface area contributed by atoms with E-state index < -0.39 is 28.1 Å². The number of hydrogen-bond donors (Lipinski definition) is 2. The van der Waals surface area contributed by atoms with Gasteiger partial charge >= 0.3 is 6.18 Å². The van der Waals surface area contributed by atoms with Gasteiger partial charge in [-0.2, -0.15) is 13.2 Å². The van der Waals surface area contributed by atoms with E-state index >= 15 is 0 Å². The lowest BCUT2D eigenvalue weighted by Gasteiger charge is -2.31. The highest BCUT2D eigenvalue weighted by Crippen LogP contribution is 2.30. The molecule has 0 heterocycles. The summed E-state index contributed by atoms with van der Waals surface area (Å²) < 4.78 is 67.6. The van der Waals surface area contributed by atoms with E-state index in [9.17, 15) is 31.2 Å². The molecule has 1 atom stereocenters. The van der Waals surface area contributed by atoms with Crippen LogP contribution in [0.2, 0.25) is 0 Å². The normalized spacial score (nSPS) is 14.5. The van der Waals surface area contributed by atoms with Crippen LogP contribution in [0.15, 0.2) is 83.8 Å². The first-order valence-corrected chi connectivity index (χ1v) is 13.4. The minimum Gasteiger partial charge on any atom is -0.326 e. The van der Waals surface area contributed by atoms with Crippen LogP contribution in [-0.2, 0) is 21.2 Å². The van der Waals surface area contributed by atoms with Gasteiger partial charge in [0.05, 0.1) is 11.3 Å². The number of nitrogens with one attached hydrogen (secondary N) is 2. The Morgan fingerprint density at radius 2 is 1.55 bits per heavy atom. The van der Waals surface area contributed by atoms with Crippen molar-refractivity contribution >= 4 is 33.2 Å². The molecule has 1 aliphatic carbocycles. The molecule has 0 saturated heterocycles. The molecule has 2 N–H and O–H groups in total. The molecule has 0 bridgehead atoms. The van der Waals surface area contributed by atoms with Gasteiger partial charge in [-0.25, -0.2) is 13.1 Å². The van der Waals surface area contributed by atoms with Crippen LogP contribution >= 0.6 is 0 Å². The smallest absolute Gasteiger partial charge is 0.326 e. The summed E-state index contributed by atoms with van der Waals surface area (Å²) in [6, 6.07) is 17.1. The van der Waals surface area contributed by atoms with E-state index in [1.54, 1.807) is 30.3 Å². The van der Waals surface area contributed by atoms with Crippen molar-refractivity contribution in [2.75, 3.05) is 10.2 Å². The molecule has 0 radical (unpaired) electrons. The molecule has 1 aliphatic rings. The van der Waals surface area contributed by atoms with E-state index in [0.717, 1.165) is 19.8 Å². The lowest BCUT2D eigenvalue weighted by molar-refractivity contribution is -0.143. The average Bonchev–Trinajstić information content (AvgIpc) is 3.68. The molecular formula is C27H26F3N3O4S. The Kier molecular flexibility index (Phi) is 7.89. The summed E-state index contributed by atoms with van der Waals surface area (Å²) in [5.74, 6) is -1.21. The van der Waals surface area contributed by atoms with Crippen molar-refractivity contribution in [3.05, 3.63) is 90.0 Å². The lowest BCUT2D eigenvalue weighted by Crippen LogP contribution is -2.47. The summed E-state index contributed by atoms with van der Waals surface area (Å²) in [7, 11) is -3.58. The first-order chi connectivity index (χ1) is 17.9. The lowest BCUT2D eigenvalue weighted by atomic mass is 10.1. The Bertz CT molecular complexity index is 1390. The van der Waals surface area contributed by atoms with Crippen molar-refractivity contribution in [3.63, 3.8) is 0 Å². The molecule has 1 unspecified atom stereocenters. The predicted octanol–water partition coefficient (Wildman–Crippen LogP) is 4.91. The van der Waals surface area contributed by atoms with Crippen LogP contribution in [0.3, 0.4) is 0 Å². The molecule has 1 saturated carbocycles. The summed E-state index contributed by atoms with van der Waals surface area (Å²) in [5, 5.41) is 2.67. The second kappa shape index (κ2) is 11.0. The van der Waals surface area contributed by atoms with Gasteiger partial charge in [0.1, 0.15) is 6.04 Å². The van der Waals surface area contributed by atoms with Gasteiger partial charge in [-0.15, -0.1) is 0 Å². The van der Waals surface area contributed by atoms with Crippen LogP contribution in [0.25, 0.3) is 0 Å². The molecule has 0 aromatic heterocycles. The van der Waals surface area contributed by atoms with E-state index in [2.05, 4.69) is 10.0 Å². The summed E-state index contributed by atoms with van der Waals surface area (Å²) >= 11 is 0. The van der Waals surface area contributed by atoms with Gasteiger partial charge in [0.25, 0.3) is 5.91 Å². The van der Waals surface area contributed by atoms with Crippen LogP contribution in [0.4, 0.5) is 24.5 Å². The molecule has 7 nitrogen and oxygen atoms in total. The molecule has 3 aromatic carbocycles. The highest BCUT2D eigenvalue weighted by Gasteiger charge is 2.43. The van der Waals surface area contributed by atoms with Crippen molar-refractivity contribution in [1.29, 1.82) is 0 Å². The summed E-state index contributed by atoms with van der Waals surface area (Å²) in [6.07, 6.45) is -3.01. The number of halogens is 3. The number of para-hydroxylation sites is 1. The predicted molar refractivity (Wildman–Crippen MR) is 137 cm³/mol. The fraction of sp³-hybridized carbons (Fsp3) is 0.259. The van der Waals surface area contributed by atoms with Gasteiger partial charge in [0, 0.05) is 23.0 Å². The first-order valence-electron chi connectivity index (χ1n) is 11.9. The highest BCUT2D eigenvalue weighted by molar-refractivity contribution is 7.89. The third-order valence-corrected chi connectivity index (χ3v) is 7.56. The van der Waals surface area contributed by atoms with Gasteiger partial charge in [-0.3, -0.25) is 14.5 Å². The maximum atomic E-state index is 13.5. The highest BCUT2D eigenvalue weighted by atomic mass is 32.2. The number of benzene rings is 3. The molecule has 38 heavy (non-hydrogen) atoms. The zero-order chi connectivity index (χ0) is 27.5. The zero-order valence-electron chi connectivity index (χ0n) is 20.4. The zero-order valence-corrected chi connectivity index (χ0v) is 21.2. The third kappa shape index (κ3) is 6.78. The number of hydrogen-bond acceptors (Lipinski definition) is 4. The fourth-order valence-corrected chi connectivity index (χ4v) is 5.06. The Morgan fingerprint density at radius 3 is 2.11 bits per heavy atom. The minimum absolute atomic E-state index is 0.0124. The van der Waals surface area contributed by atoms with Crippen molar-refractivity contribution < 1.29 is 31.2 Å². The summed E-state index contributed by atoms with van der Waals surface area (Å²) in [6.45, 7) is 0.922. The summed E-state index contributed by atoms with van der Waals surface area (Å²) in [4.78, 5) is 26.4. The largest absolute Gasteiger partial charge is 0.408 e. The summed E-state index contributed by atoms with van der Waals surface area (Å²) in [5.41, 5.74) is 1.09. The van der Waals surface area contributed by atoms with E-state index in [4.69, 9.17) is 0 Å². The fourth-order valence-electron chi connectivity index (χ4n) is 3.75. The number of sulfonamides is 1. The molecule has 3 aromatic rings. The number of alkyl halides is 3. The topological polar surface area (TPSA) is 95.6 Å². The van der Waals surface area contributed by atoms with Crippen molar-refractivity contribution in [2.24, 2.45) is 0 Å². The average molecular weight is 546 g/mol. The van der Waals surface area contributed by atoms with E-state index in [1.807, 2.05) is 0 Å². The molecule has 4 rings (SSSR count). The number of carbonyl (C=O) groups is 2. The molecular weight excluding hydrogens is 519 g/mol. The van der Waals surface area contributed by atoms with Gasteiger partial charge in [0.15, 0.2) is 0 Å². The maximum Gasteiger partial charge on any atom is 0.408 e. The van der Waals surface area contributed by atoms with Gasteiger partial charge < -0.3 is 5.32 Å². The van der Waals surface area contributed by atoms with Crippen molar-refractivity contribution in [1.82, 2.24) is 4.72 Å². The van der Waals surface area contributed by atoms with Crippen LogP contribution in [0, 0.1) is 0 Å². The maximum absolute atomic E-state index is 13.5. The molecule has 2 amide bonds. The minimum atomic E-state index is -4.63. The van der Waals surface area contributed by atoms with Gasteiger partial charge in [-0.1, -0.05) is 30.3 Å². The first kappa shape index (κ1) is 27.3. The molecule has 1 fully saturated rings. The Balaban J connectivity index is 1.41. The van der Waals surface area contributed by atoms with Gasteiger partial charge in [-0.05, 0) is 73.9 Å². The number of anilines is 2. The van der Waals surface area contributed by atoms with Crippen molar-refractivity contribution in [2.45, 2.75) is 49.3 Å². The van der Waals surface area contributed by atoms with Crippen LogP contribution in [0.1, 0.15) is 35.7 Å². The van der Waals surface area contributed by atoms with E-state index in [0.29, 0.717) is 16.2 Å². The van der Waals surface area contributed by atoms with E-state index in [1.165, 1.54) is 48.5 Å². The monoisotopic (exact) mass is 545 g/mol. The van der Waals surface area contributed by atoms with Crippen LogP contribution in [-0.4, -0.2) is 38.5 Å². The Hall–Kier alpha value is -3.70. The molecule has 200 valence electrons. The van der Waals surface area contributed by atoms with Gasteiger partial charge in [0.2, 0.25) is 15.9 Å². The number of amides is 2. The SMILES string of the molecule is CC(N(C(=O)c1ccc(NC(=O)Cc2ccc(S(=O)(=O)NC3CC3)cc2)cc1)c1ccccc1)C(F)(F)F. The number of nitrogens with zero attached hydrogens (tertiary/aromatic N) is 1. The number of rotatable bonds is 9.